The molecule has 1 N–H and O–H groups in total. The van der Waals surface area contributed by atoms with E-state index in [0.717, 1.165) is 0 Å². The Morgan fingerprint density at radius 2 is 1.97 bits per heavy atom. The van der Waals surface area contributed by atoms with E-state index in [1.54, 1.807) is 54.1 Å². The van der Waals surface area contributed by atoms with Gasteiger partial charge in [0.25, 0.3) is 0 Å². The molecule has 5 nitrogen and oxygen atoms in total. The van der Waals surface area contributed by atoms with E-state index in [-0.39, 0.29) is 11.7 Å². The lowest BCUT2D eigenvalue weighted by Crippen LogP contribution is -2.22. The summed E-state index contributed by atoms with van der Waals surface area (Å²) in [5.74, 6) is -0.256. The first-order valence-electron chi connectivity index (χ1n) is 8.38. The number of amides is 1. The molecule has 0 bridgehead atoms. The van der Waals surface area contributed by atoms with Gasteiger partial charge in [0, 0.05) is 11.3 Å². The maximum atomic E-state index is 12.5. The van der Waals surface area contributed by atoms with Crippen LogP contribution in [-0.2, 0) is 4.79 Å². The Morgan fingerprint density at radius 3 is 2.66 bits per heavy atom. The molecule has 0 radical (unpaired) electrons. The molecular formula is C19H15Cl2N3O2S3. The molecule has 0 saturated heterocycles. The second-order valence-electron chi connectivity index (χ2n) is 6.03. The van der Waals surface area contributed by atoms with E-state index in [4.69, 9.17) is 35.4 Å². The minimum atomic E-state index is -0.418. The maximum Gasteiger partial charge on any atom is 0.237 e. The van der Waals surface area contributed by atoms with Crippen LogP contribution in [-0.4, -0.2) is 26.7 Å². The summed E-state index contributed by atoms with van der Waals surface area (Å²) in [6.07, 6.45) is 0. The lowest BCUT2D eigenvalue weighted by atomic mass is 10.1. The number of anilines is 1. The van der Waals surface area contributed by atoms with Crippen LogP contribution in [0.5, 0.6) is 0 Å². The number of halogens is 2. The van der Waals surface area contributed by atoms with Gasteiger partial charge in [-0.15, -0.1) is 5.10 Å². The molecular weight excluding hydrogens is 469 g/mol. The molecule has 1 amide bonds. The molecule has 29 heavy (non-hydrogen) atoms. The van der Waals surface area contributed by atoms with Gasteiger partial charge in [0.05, 0.1) is 21.0 Å². The minimum Gasteiger partial charge on any atom is -0.325 e. The highest BCUT2D eigenvalue weighted by Gasteiger charge is 2.18. The molecule has 0 fully saturated rings. The molecule has 0 aliphatic carbocycles. The molecule has 1 aromatic heterocycles. The number of hydrogen-bond acceptors (Lipinski definition) is 6. The zero-order valence-electron chi connectivity index (χ0n) is 15.3. The number of aromatic nitrogens is 2. The van der Waals surface area contributed by atoms with Crippen molar-refractivity contribution in [1.29, 1.82) is 0 Å². The van der Waals surface area contributed by atoms with Gasteiger partial charge in [-0.05, 0) is 56.4 Å². The standard InChI is InChI=1S/C19H15Cl2N3O2S3/c1-10(25)12-4-3-5-13(8-12)22-17(26)11(2)28-18-23-24(19(27)29-18)14-6-7-15(20)16(21)9-14/h3-9,11H,1-2H3,(H,22,26). The van der Waals surface area contributed by atoms with Crippen LogP contribution in [0.4, 0.5) is 5.69 Å². The summed E-state index contributed by atoms with van der Waals surface area (Å²) >= 11 is 20.0. The van der Waals surface area contributed by atoms with E-state index in [1.807, 2.05) is 0 Å². The summed E-state index contributed by atoms with van der Waals surface area (Å²) < 4.78 is 2.78. The molecule has 150 valence electrons. The van der Waals surface area contributed by atoms with Crippen molar-refractivity contribution >= 4 is 75.9 Å². The first-order valence-corrected chi connectivity index (χ1v) is 11.2. The summed E-state index contributed by atoms with van der Waals surface area (Å²) in [6.45, 7) is 3.26. The van der Waals surface area contributed by atoms with E-state index in [1.165, 1.54) is 30.0 Å². The van der Waals surface area contributed by atoms with Crippen LogP contribution in [0.2, 0.25) is 10.0 Å². The molecule has 0 spiro atoms. The largest absolute Gasteiger partial charge is 0.325 e. The maximum absolute atomic E-state index is 12.5. The van der Waals surface area contributed by atoms with Crippen molar-refractivity contribution in [3.63, 3.8) is 0 Å². The van der Waals surface area contributed by atoms with Crippen molar-refractivity contribution in [1.82, 2.24) is 9.78 Å². The van der Waals surface area contributed by atoms with Crippen molar-refractivity contribution in [3.8, 4) is 5.69 Å². The summed E-state index contributed by atoms with van der Waals surface area (Å²) in [5.41, 5.74) is 1.82. The number of ketones is 1. The number of hydrogen-bond donors (Lipinski definition) is 1. The van der Waals surface area contributed by atoms with Crippen LogP contribution in [0.3, 0.4) is 0 Å². The van der Waals surface area contributed by atoms with Gasteiger partial charge in [0.1, 0.15) is 0 Å². The Bertz CT molecular complexity index is 1140. The fourth-order valence-electron chi connectivity index (χ4n) is 2.35. The monoisotopic (exact) mass is 483 g/mol. The van der Waals surface area contributed by atoms with Gasteiger partial charge < -0.3 is 5.32 Å². The predicted octanol–water partition coefficient (Wildman–Crippen LogP) is 6.29. The van der Waals surface area contributed by atoms with Crippen LogP contribution >= 0.6 is 58.5 Å². The highest BCUT2D eigenvalue weighted by Crippen LogP contribution is 2.30. The molecule has 3 aromatic rings. The zero-order valence-corrected chi connectivity index (χ0v) is 19.3. The van der Waals surface area contributed by atoms with E-state index >= 15 is 0 Å². The summed E-state index contributed by atoms with van der Waals surface area (Å²) in [5, 5.41) is 7.75. The third-order valence-electron chi connectivity index (χ3n) is 3.86. The number of nitrogens with one attached hydrogen (secondary N) is 1. The number of carbonyl (C=O) groups excluding carboxylic acids is 2. The smallest absolute Gasteiger partial charge is 0.237 e. The third-order valence-corrected chi connectivity index (χ3v) is 7.02. The molecule has 0 aliphatic heterocycles. The second-order valence-corrected chi connectivity index (χ2v) is 10.1. The number of carbonyl (C=O) groups is 2. The lowest BCUT2D eigenvalue weighted by Gasteiger charge is -2.11. The van der Waals surface area contributed by atoms with Crippen molar-refractivity contribution < 1.29 is 9.59 Å². The predicted molar refractivity (Wildman–Crippen MR) is 123 cm³/mol. The van der Waals surface area contributed by atoms with Gasteiger partial charge >= 0.3 is 0 Å². The van der Waals surface area contributed by atoms with E-state index in [0.29, 0.717) is 35.3 Å². The van der Waals surface area contributed by atoms with E-state index in [9.17, 15) is 9.59 Å². The highest BCUT2D eigenvalue weighted by molar-refractivity contribution is 8.02. The van der Waals surface area contributed by atoms with Gasteiger partial charge in [-0.2, -0.15) is 0 Å². The summed E-state index contributed by atoms with van der Waals surface area (Å²) in [4.78, 5) is 24.0. The average Bonchev–Trinajstić information content (AvgIpc) is 3.04. The number of rotatable bonds is 6. The Hall–Kier alpha value is -1.71. The quantitative estimate of drug-likeness (QED) is 0.253. The van der Waals surface area contributed by atoms with E-state index < -0.39 is 5.25 Å². The first-order chi connectivity index (χ1) is 13.7. The normalized spacial score (nSPS) is 11.9. The Labute approximate surface area is 191 Å². The van der Waals surface area contributed by atoms with Crippen LogP contribution in [0.25, 0.3) is 5.69 Å². The molecule has 10 heteroatoms. The van der Waals surface area contributed by atoms with Gasteiger partial charge in [-0.25, -0.2) is 4.68 Å². The molecule has 3 rings (SSSR count). The molecule has 1 atom stereocenters. The van der Waals surface area contributed by atoms with Gasteiger partial charge in [0.2, 0.25) is 5.91 Å². The van der Waals surface area contributed by atoms with Crippen molar-refractivity contribution in [3.05, 3.63) is 62.0 Å². The SMILES string of the molecule is CC(=O)c1cccc(NC(=O)C(C)Sc2nn(-c3ccc(Cl)c(Cl)c3)c(=S)s2)c1. The van der Waals surface area contributed by atoms with Crippen molar-refractivity contribution in [2.24, 2.45) is 0 Å². The Kier molecular flexibility index (Phi) is 7.13. The second kappa shape index (κ2) is 9.40. The zero-order chi connectivity index (χ0) is 21.1. The van der Waals surface area contributed by atoms with Crippen molar-refractivity contribution in [2.45, 2.75) is 23.4 Å². The van der Waals surface area contributed by atoms with Crippen LogP contribution in [0, 0.1) is 3.95 Å². The third kappa shape index (κ3) is 5.46. The molecule has 1 unspecified atom stereocenters. The Morgan fingerprint density at radius 1 is 1.21 bits per heavy atom. The van der Waals surface area contributed by atoms with Crippen LogP contribution in [0.15, 0.2) is 46.8 Å². The summed E-state index contributed by atoms with van der Waals surface area (Å²) in [6, 6.07) is 12.0. The molecule has 0 saturated carbocycles. The highest BCUT2D eigenvalue weighted by atomic mass is 35.5. The first kappa shape index (κ1) is 22.0. The van der Waals surface area contributed by atoms with Gasteiger partial charge in [-0.1, -0.05) is 58.4 Å². The van der Waals surface area contributed by atoms with Gasteiger partial charge in [0.15, 0.2) is 14.1 Å². The number of nitrogens with zero attached hydrogens (tertiary/aromatic N) is 2. The number of thioether (sulfide) groups is 1. The average molecular weight is 484 g/mol. The van der Waals surface area contributed by atoms with Crippen LogP contribution in [0.1, 0.15) is 24.2 Å². The fourth-order valence-corrected chi connectivity index (χ4v) is 5.15. The lowest BCUT2D eigenvalue weighted by molar-refractivity contribution is -0.115. The fraction of sp³-hybridized carbons (Fsp3) is 0.158. The van der Waals surface area contributed by atoms with Crippen LogP contribution < -0.4 is 5.32 Å². The number of benzene rings is 2. The van der Waals surface area contributed by atoms with Gasteiger partial charge in [-0.3, -0.25) is 9.59 Å². The topological polar surface area (TPSA) is 64.0 Å². The minimum absolute atomic E-state index is 0.0591. The van der Waals surface area contributed by atoms with E-state index in [2.05, 4.69) is 10.4 Å². The van der Waals surface area contributed by atoms with Crippen molar-refractivity contribution in [2.75, 3.05) is 5.32 Å². The Balaban J connectivity index is 1.72. The molecule has 1 heterocycles. The summed E-state index contributed by atoms with van der Waals surface area (Å²) in [7, 11) is 0. The number of Topliss-reactive ketones (excluding diaryl/α,β-unsaturated/α-hetero) is 1. The molecule has 2 aromatic carbocycles. The molecule has 0 aliphatic rings.